The number of carbonyl (C=O) groups is 1. The minimum atomic E-state index is -0.0953. The number of hydrogen-bond acceptors (Lipinski definition) is 3. The second-order valence-electron chi connectivity index (χ2n) is 13.7. The maximum atomic E-state index is 13.5. The van der Waals surface area contributed by atoms with Gasteiger partial charge in [0.2, 0.25) is 17.2 Å². The van der Waals surface area contributed by atoms with Crippen LogP contribution in [0.3, 0.4) is 0 Å². The molecule has 7 rings (SSSR count). The smallest absolute Gasteiger partial charge is 0.208 e. The number of anilines is 2. The van der Waals surface area contributed by atoms with Crippen LogP contribution in [0.1, 0.15) is 79.2 Å². The number of rotatable bonds is 6. The van der Waals surface area contributed by atoms with Crippen LogP contribution >= 0.6 is 0 Å². The molecule has 3 aromatic rings. The van der Waals surface area contributed by atoms with Gasteiger partial charge < -0.3 is 10.0 Å². The predicted molar refractivity (Wildman–Crippen MR) is 190 cm³/mol. The average Bonchev–Trinajstić information content (AvgIpc) is 3.77. The van der Waals surface area contributed by atoms with E-state index in [-0.39, 0.29) is 11.5 Å². The number of benzene rings is 3. The number of ketones is 1. The Balaban J connectivity index is 1.18. The van der Waals surface area contributed by atoms with E-state index in [1.54, 1.807) is 0 Å². The van der Waals surface area contributed by atoms with Crippen molar-refractivity contribution in [2.45, 2.75) is 91.1 Å². The summed E-state index contributed by atoms with van der Waals surface area (Å²) in [7, 11) is 0. The summed E-state index contributed by atoms with van der Waals surface area (Å²) in [5.41, 5.74) is 12.2. The van der Waals surface area contributed by atoms with Gasteiger partial charge in [0.25, 0.3) is 0 Å². The maximum absolute atomic E-state index is 13.5. The number of aliphatic hydroxyl groups is 1. The third kappa shape index (κ3) is 5.48. The van der Waals surface area contributed by atoms with Crippen LogP contribution in [0.25, 0.3) is 5.57 Å². The SMILES string of the molecule is Cc1ccc(N(c2ccc(C3=C(O)C(=C4C=CC(=[N+](c5ccc(C)cc5C)C5CCCC5)C=C4)C3=O)cc2)C2CCCC2)c(C)c1. The Labute approximate surface area is 273 Å². The highest BCUT2D eigenvalue weighted by Gasteiger charge is 2.37. The normalized spacial score (nSPS) is 18.6. The van der Waals surface area contributed by atoms with E-state index in [0.29, 0.717) is 23.2 Å². The number of nitrogens with zero attached hydrogens (tertiary/aromatic N) is 2. The molecule has 4 heteroatoms. The first-order valence-corrected chi connectivity index (χ1v) is 17.1. The van der Waals surface area contributed by atoms with Crippen molar-refractivity contribution in [2.24, 2.45) is 0 Å². The third-order valence-electron chi connectivity index (χ3n) is 10.4. The van der Waals surface area contributed by atoms with Gasteiger partial charge in [-0.15, -0.1) is 0 Å². The third-order valence-corrected chi connectivity index (χ3v) is 10.4. The van der Waals surface area contributed by atoms with Gasteiger partial charge in [0.05, 0.1) is 11.1 Å². The van der Waals surface area contributed by atoms with Gasteiger partial charge in [-0.2, -0.15) is 4.58 Å². The topological polar surface area (TPSA) is 43.5 Å². The monoisotopic (exact) mass is 609 g/mol. The maximum Gasteiger partial charge on any atom is 0.208 e. The standard InChI is InChI=1S/C42H44N2O2/c1-27-13-23-37(29(3)25-27)43(33-9-5-6-10-33)35-19-15-31(16-20-35)39-41(45)40(42(39)46)32-17-21-36(22-18-32)44(34-11-7-8-12-34)38-24-14-28(2)26-30(38)4/h13-26,33-34H,5-12H2,1-4H3/p+1. The highest BCUT2D eigenvalue weighted by molar-refractivity contribution is 6.39. The Morgan fingerprint density at radius 3 is 1.91 bits per heavy atom. The Morgan fingerprint density at radius 1 is 0.696 bits per heavy atom. The number of aliphatic hydroxyl groups excluding tert-OH is 1. The Kier molecular flexibility index (Phi) is 8.15. The van der Waals surface area contributed by atoms with Crippen LogP contribution < -0.4 is 4.90 Å². The van der Waals surface area contributed by atoms with E-state index in [9.17, 15) is 9.90 Å². The molecule has 0 saturated heterocycles. The van der Waals surface area contributed by atoms with Crippen molar-refractivity contribution >= 4 is 34.1 Å². The van der Waals surface area contributed by atoms with Crippen LogP contribution in [0, 0.1) is 27.7 Å². The minimum absolute atomic E-state index is 0.0922. The fourth-order valence-electron chi connectivity index (χ4n) is 8.09. The molecule has 0 atom stereocenters. The molecule has 0 radical (unpaired) electrons. The summed E-state index contributed by atoms with van der Waals surface area (Å²) in [5, 5.41) is 11.2. The number of carbonyl (C=O) groups excluding carboxylic acids is 1. The van der Waals surface area contributed by atoms with Crippen molar-refractivity contribution in [3.8, 4) is 0 Å². The van der Waals surface area contributed by atoms with E-state index in [2.05, 4.69) is 97.9 Å². The molecule has 0 amide bonds. The highest BCUT2D eigenvalue weighted by atomic mass is 16.3. The Morgan fingerprint density at radius 2 is 1.30 bits per heavy atom. The number of hydrogen-bond donors (Lipinski definition) is 1. The number of allylic oxidation sites excluding steroid dienone is 7. The van der Waals surface area contributed by atoms with Crippen molar-refractivity contribution < 1.29 is 14.5 Å². The van der Waals surface area contributed by atoms with E-state index in [4.69, 9.17) is 0 Å². The van der Waals surface area contributed by atoms with Gasteiger partial charge in [0.15, 0.2) is 6.04 Å². The summed E-state index contributed by atoms with van der Waals surface area (Å²) in [6.07, 6.45) is 17.9. The Bertz CT molecular complexity index is 1840. The molecule has 4 nitrogen and oxygen atoms in total. The molecular weight excluding hydrogens is 564 g/mol. The lowest BCUT2D eigenvalue weighted by Gasteiger charge is -2.33. The van der Waals surface area contributed by atoms with Gasteiger partial charge in [-0.1, -0.05) is 54.3 Å². The molecule has 0 unspecified atom stereocenters. The van der Waals surface area contributed by atoms with Gasteiger partial charge in [-0.25, -0.2) is 0 Å². The molecule has 1 N–H and O–H groups in total. The first-order valence-electron chi connectivity index (χ1n) is 17.1. The summed E-state index contributed by atoms with van der Waals surface area (Å²) < 4.78 is 2.48. The van der Waals surface area contributed by atoms with Crippen molar-refractivity contribution in [3.05, 3.63) is 130 Å². The zero-order chi connectivity index (χ0) is 31.9. The lowest BCUT2D eigenvalue weighted by molar-refractivity contribution is -0.482. The largest absolute Gasteiger partial charge is 0.506 e. The molecule has 4 aliphatic rings. The van der Waals surface area contributed by atoms with Crippen LogP contribution in [0.5, 0.6) is 0 Å². The minimum Gasteiger partial charge on any atom is -0.506 e. The molecule has 0 heterocycles. The molecule has 4 aliphatic carbocycles. The molecular formula is C42H45N2O2+. The van der Waals surface area contributed by atoms with Gasteiger partial charge >= 0.3 is 0 Å². The summed E-state index contributed by atoms with van der Waals surface area (Å²) in [6, 6.07) is 22.5. The van der Waals surface area contributed by atoms with E-state index in [1.807, 2.05) is 24.3 Å². The van der Waals surface area contributed by atoms with E-state index >= 15 is 0 Å². The van der Waals surface area contributed by atoms with E-state index in [0.717, 1.165) is 22.5 Å². The molecule has 46 heavy (non-hydrogen) atoms. The van der Waals surface area contributed by atoms with Gasteiger partial charge in [-0.3, -0.25) is 4.79 Å². The van der Waals surface area contributed by atoms with Crippen LogP contribution in [0.2, 0.25) is 0 Å². The molecule has 234 valence electrons. The van der Waals surface area contributed by atoms with Crippen LogP contribution in [0.4, 0.5) is 17.1 Å². The van der Waals surface area contributed by atoms with Gasteiger partial charge in [0.1, 0.15) is 5.76 Å². The molecule has 3 aromatic carbocycles. The lowest BCUT2D eigenvalue weighted by Crippen LogP contribution is -2.29. The van der Waals surface area contributed by atoms with Gasteiger partial charge in [-0.05, 0) is 106 Å². The van der Waals surface area contributed by atoms with Crippen molar-refractivity contribution in [1.82, 2.24) is 0 Å². The van der Waals surface area contributed by atoms with Crippen LogP contribution in [0.15, 0.2) is 102 Å². The molecule has 2 saturated carbocycles. The molecule has 0 spiro atoms. The lowest BCUT2D eigenvalue weighted by atomic mass is 9.80. The molecule has 0 aliphatic heterocycles. The number of aryl methyl sites for hydroxylation is 4. The summed E-state index contributed by atoms with van der Waals surface area (Å²) in [6.45, 7) is 8.65. The molecule has 0 aromatic heterocycles. The van der Waals surface area contributed by atoms with E-state index in [1.165, 1.54) is 85.0 Å². The second kappa shape index (κ2) is 12.4. The zero-order valence-electron chi connectivity index (χ0n) is 27.6. The number of Topliss-reactive ketones (excluding diaryl/α,β-unsaturated/α-hetero) is 1. The predicted octanol–water partition coefficient (Wildman–Crippen LogP) is 10.0. The first-order chi connectivity index (χ1) is 22.3. The fourth-order valence-corrected chi connectivity index (χ4v) is 8.09. The van der Waals surface area contributed by atoms with Crippen molar-refractivity contribution in [1.29, 1.82) is 0 Å². The second-order valence-corrected chi connectivity index (χ2v) is 13.7. The Hall–Kier alpha value is -4.44. The highest BCUT2D eigenvalue weighted by Crippen LogP contribution is 2.42. The van der Waals surface area contributed by atoms with Gasteiger partial charge in [0, 0.05) is 54.0 Å². The quantitative estimate of drug-likeness (QED) is 0.223. The van der Waals surface area contributed by atoms with Crippen molar-refractivity contribution in [2.75, 3.05) is 4.90 Å². The summed E-state index contributed by atoms with van der Waals surface area (Å²) in [5.74, 6) is -0.00314. The van der Waals surface area contributed by atoms with E-state index < -0.39 is 0 Å². The zero-order valence-corrected chi connectivity index (χ0v) is 27.6. The molecule has 2 fully saturated rings. The van der Waals surface area contributed by atoms with Crippen LogP contribution in [-0.4, -0.2) is 33.3 Å². The molecule has 0 bridgehead atoms. The van der Waals surface area contributed by atoms with Crippen LogP contribution in [-0.2, 0) is 4.79 Å². The average molecular weight is 610 g/mol. The summed E-state index contributed by atoms with van der Waals surface area (Å²) >= 11 is 0. The van der Waals surface area contributed by atoms with Crippen molar-refractivity contribution in [3.63, 3.8) is 0 Å². The first kappa shape index (κ1) is 30.2. The summed E-state index contributed by atoms with van der Waals surface area (Å²) in [4.78, 5) is 16.0. The fraction of sp³-hybridized carbons (Fsp3) is 0.333.